The van der Waals surface area contributed by atoms with Gasteiger partial charge in [-0.3, -0.25) is 0 Å². The van der Waals surface area contributed by atoms with Crippen LogP contribution in [0.1, 0.15) is 30.0 Å². The van der Waals surface area contributed by atoms with Gasteiger partial charge < -0.3 is 14.6 Å². The van der Waals surface area contributed by atoms with E-state index in [0.717, 1.165) is 24.3 Å². The maximum atomic E-state index is 14.8. The van der Waals surface area contributed by atoms with Crippen LogP contribution in [0, 0.1) is 23.5 Å². The summed E-state index contributed by atoms with van der Waals surface area (Å²) in [6.45, 7) is 2.41. The molecule has 1 saturated heterocycles. The van der Waals surface area contributed by atoms with Gasteiger partial charge in [-0.25, -0.2) is 18.4 Å². The van der Waals surface area contributed by atoms with Gasteiger partial charge in [-0.05, 0) is 42.2 Å². The highest BCUT2D eigenvalue weighted by Crippen LogP contribution is 2.37. The van der Waals surface area contributed by atoms with E-state index in [9.17, 15) is 27.1 Å². The minimum Gasteiger partial charge on any atom is -0.383 e. The number of nitrogens with zero attached hydrogens (tertiary/aromatic N) is 3. The second-order valence-corrected chi connectivity index (χ2v) is 9.93. The number of aromatic nitrogens is 3. The number of allylic oxidation sites excluding steroid dienone is 4. The highest BCUT2D eigenvalue weighted by Gasteiger charge is 2.40. The average Bonchev–Trinajstić information content (AvgIpc) is 3.44. The maximum Gasteiger partial charge on any atom is 0.416 e. The number of halogens is 5. The van der Waals surface area contributed by atoms with E-state index in [1.807, 2.05) is 0 Å². The van der Waals surface area contributed by atoms with E-state index in [1.165, 1.54) is 35.5 Å². The molecule has 2 atom stereocenters. The van der Waals surface area contributed by atoms with Crippen LogP contribution in [-0.2, 0) is 27.8 Å². The Balaban J connectivity index is 1.29. The molecule has 2 unspecified atom stereocenters. The highest BCUT2D eigenvalue weighted by molar-refractivity contribution is 5.51. The summed E-state index contributed by atoms with van der Waals surface area (Å²) in [7, 11) is 0. The molecule has 41 heavy (non-hydrogen) atoms. The summed E-state index contributed by atoms with van der Waals surface area (Å²) in [5.74, 6) is -2.14. The summed E-state index contributed by atoms with van der Waals surface area (Å²) in [6, 6.07) is 7.97. The van der Waals surface area contributed by atoms with Gasteiger partial charge >= 0.3 is 6.18 Å². The maximum absolute atomic E-state index is 14.8. The zero-order chi connectivity index (χ0) is 29.5. The first-order valence-corrected chi connectivity index (χ1v) is 13.0. The van der Waals surface area contributed by atoms with Crippen LogP contribution in [0.3, 0.4) is 0 Å². The van der Waals surface area contributed by atoms with E-state index in [0.29, 0.717) is 25.2 Å². The molecule has 1 aliphatic heterocycles. The molecule has 1 aliphatic rings. The second-order valence-electron chi connectivity index (χ2n) is 9.93. The highest BCUT2D eigenvalue weighted by atomic mass is 19.4. The van der Waals surface area contributed by atoms with Crippen molar-refractivity contribution in [2.45, 2.75) is 38.0 Å². The van der Waals surface area contributed by atoms with E-state index >= 15 is 0 Å². The average molecular weight is 576 g/mol. The zero-order valence-corrected chi connectivity index (χ0v) is 22.2. The number of ether oxygens (including phenoxy) is 2. The molecule has 0 aliphatic carbocycles. The molecule has 1 fully saturated rings. The lowest BCUT2D eigenvalue weighted by molar-refractivity contribution is -0.181. The monoisotopic (exact) mass is 575 g/mol. The van der Waals surface area contributed by atoms with Crippen molar-refractivity contribution in [3.8, 4) is 0 Å². The first kappa shape index (κ1) is 30.3. The number of benzene rings is 2. The molecule has 2 heterocycles. The van der Waals surface area contributed by atoms with Crippen LogP contribution in [0.4, 0.5) is 22.0 Å². The van der Waals surface area contributed by atoms with E-state index in [4.69, 9.17) is 9.47 Å². The molecule has 11 heteroatoms. The molecule has 2 aromatic carbocycles. The SMILES string of the molecule is CC(CC1COC(C=CC=CC=Cc2ccc(C(F)(F)F)cc2)OC1)C(O)(Cn1cncn1)c1ccc(F)cc1F. The zero-order valence-electron chi connectivity index (χ0n) is 22.2. The Bertz CT molecular complexity index is 1350. The van der Waals surface area contributed by atoms with E-state index in [1.54, 1.807) is 43.4 Å². The lowest BCUT2D eigenvalue weighted by Crippen LogP contribution is -2.42. The van der Waals surface area contributed by atoms with E-state index < -0.39 is 41.2 Å². The van der Waals surface area contributed by atoms with Gasteiger partial charge in [0.15, 0.2) is 6.29 Å². The fourth-order valence-corrected chi connectivity index (χ4v) is 4.64. The molecule has 0 bridgehead atoms. The van der Waals surface area contributed by atoms with E-state index in [2.05, 4.69) is 10.1 Å². The van der Waals surface area contributed by atoms with Gasteiger partial charge in [0, 0.05) is 17.5 Å². The second kappa shape index (κ2) is 13.3. The Morgan fingerprint density at radius 2 is 1.73 bits per heavy atom. The van der Waals surface area contributed by atoms with Gasteiger partial charge in [-0.15, -0.1) is 0 Å². The third-order valence-corrected chi connectivity index (χ3v) is 6.89. The van der Waals surface area contributed by atoms with Gasteiger partial charge in [-0.2, -0.15) is 18.3 Å². The summed E-state index contributed by atoms with van der Waals surface area (Å²) < 4.78 is 79.2. The van der Waals surface area contributed by atoms with Gasteiger partial charge in [0.05, 0.1) is 25.3 Å². The minimum absolute atomic E-state index is 0.0282. The van der Waals surface area contributed by atoms with Crippen molar-refractivity contribution in [2.75, 3.05) is 13.2 Å². The lowest BCUT2D eigenvalue weighted by Gasteiger charge is -2.38. The van der Waals surface area contributed by atoms with Gasteiger partial charge in [0.1, 0.15) is 29.9 Å². The molecule has 1 N–H and O–H groups in total. The van der Waals surface area contributed by atoms with Crippen molar-refractivity contribution in [3.63, 3.8) is 0 Å². The smallest absolute Gasteiger partial charge is 0.383 e. The Kier molecular flexibility index (Phi) is 9.85. The summed E-state index contributed by atoms with van der Waals surface area (Å²) in [5, 5.41) is 15.7. The molecule has 1 aromatic heterocycles. The van der Waals surface area contributed by atoms with Crippen LogP contribution in [-0.4, -0.2) is 39.4 Å². The first-order chi connectivity index (χ1) is 19.5. The third kappa shape index (κ3) is 8.18. The molecule has 3 aromatic rings. The Morgan fingerprint density at radius 3 is 2.37 bits per heavy atom. The standard InChI is InChI=1S/C30H30F5N3O3/c1-21(29(39,18-38-20-36-19-37-38)26-13-12-25(31)15-27(26)32)14-23-16-40-28(41-17-23)7-5-3-2-4-6-22-8-10-24(11-9-22)30(33,34)35/h2-13,15,19-21,23,28,39H,14,16-18H2,1H3. The quantitative estimate of drug-likeness (QED) is 0.227. The number of alkyl halides is 3. The summed E-state index contributed by atoms with van der Waals surface area (Å²) in [4.78, 5) is 3.88. The van der Waals surface area contributed by atoms with Crippen LogP contribution < -0.4 is 0 Å². The topological polar surface area (TPSA) is 69.4 Å². The van der Waals surface area contributed by atoms with Gasteiger partial charge in [0.25, 0.3) is 0 Å². The van der Waals surface area contributed by atoms with Crippen LogP contribution in [0.2, 0.25) is 0 Å². The minimum atomic E-state index is -4.36. The fourth-order valence-electron chi connectivity index (χ4n) is 4.64. The summed E-state index contributed by atoms with van der Waals surface area (Å²) >= 11 is 0. The van der Waals surface area contributed by atoms with Crippen molar-refractivity contribution in [1.82, 2.24) is 14.8 Å². The van der Waals surface area contributed by atoms with Crippen molar-refractivity contribution >= 4 is 6.08 Å². The summed E-state index contributed by atoms with van der Waals surface area (Å²) in [6.07, 6.45) is 8.55. The molecular weight excluding hydrogens is 545 g/mol. The summed E-state index contributed by atoms with van der Waals surface area (Å²) in [5.41, 5.74) is -1.77. The van der Waals surface area contributed by atoms with Crippen molar-refractivity contribution in [2.24, 2.45) is 11.8 Å². The van der Waals surface area contributed by atoms with Gasteiger partial charge in [-0.1, -0.05) is 55.5 Å². The predicted octanol–water partition coefficient (Wildman–Crippen LogP) is 6.30. The fraction of sp³-hybridized carbons (Fsp3) is 0.333. The molecular formula is C30H30F5N3O3. The van der Waals surface area contributed by atoms with Crippen LogP contribution in [0.15, 0.2) is 85.5 Å². The molecule has 4 rings (SSSR count). The number of hydrogen-bond donors (Lipinski definition) is 1. The molecule has 0 saturated carbocycles. The molecule has 0 radical (unpaired) electrons. The molecule has 0 amide bonds. The van der Waals surface area contributed by atoms with Crippen molar-refractivity contribution in [3.05, 3.63) is 114 Å². The number of hydrogen-bond acceptors (Lipinski definition) is 5. The Morgan fingerprint density at radius 1 is 1.02 bits per heavy atom. The molecule has 0 spiro atoms. The third-order valence-electron chi connectivity index (χ3n) is 6.89. The normalized spacial score (nSPS) is 20.7. The first-order valence-electron chi connectivity index (χ1n) is 13.0. The van der Waals surface area contributed by atoms with Crippen LogP contribution >= 0.6 is 0 Å². The Hall–Kier alpha value is -3.67. The van der Waals surface area contributed by atoms with Crippen LogP contribution in [0.5, 0.6) is 0 Å². The largest absolute Gasteiger partial charge is 0.416 e. The van der Waals surface area contributed by atoms with E-state index in [-0.39, 0.29) is 18.0 Å². The van der Waals surface area contributed by atoms with Gasteiger partial charge in [0.2, 0.25) is 0 Å². The molecule has 6 nitrogen and oxygen atoms in total. The predicted molar refractivity (Wildman–Crippen MR) is 142 cm³/mol. The number of aliphatic hydroxyl groups is 1. The van der Waals surface area contributed by atoms with Crippen molar-refractivity contribution < 1.29 is 36.5 Å². The number of rotatable bonds is 10. The van der Waals surface area contributed by atoms with Crippen molar-refractivity contribution in [1.29, 1.82) is 0 Å². The molecule has 218 valence electrons. The Labute approximate surface area is 234 Å². The lowest BCUT2D eigenvalue weighted by atomic mass is 9.77. The van der Waals surface area contributed by atoms with Crippen LogP contribution in [0.25, 0.3) is 6.08 Å².